The van der Waals surface area contributed by atoms with E-state index in [9.17, 15) is 10.2 Å². The molecule has 3 N–H and O–H groups in total. The van der Waals surface area contributed by atoms with Crippen molar-refractivity contribution >= 4 is 27.2 Å². The molecule has 1 saturated carbocycles. The maximum Gasteiger partial charge on any atom is 0.152 e. The number of aliphatic hydroxyl groups excluding tert-OH is 1. The first-order chi connectivity index (χ1) is 12.6. The van der Waals surface area contributed by atoms with Crippen LogP contribution in [0.25, 0.3) is 21.3 Å². The van der Waals surface area contributed by atoms with Gasteiger partial charge in [0, 0.05) is 15.6 Å². The van der Waals surface area contributed by atoms with Crippen LogP contribution in [0.5, 0.6) is 5.75 Å². The van der Waals surface area contributed by atoms with Crippen molar-refractivity contribution in [2.24, 2.45) is 0 Å². The molecule has 1 aliphatic carbocycles. The maximum atomic E-state index is 10.7. The summed E-state index contributed by atoms with van der Waals surface area (Å²) in [5.74, 6) is 0.970. The number of aliphatic hydroxyl groups is 1. The van der Waals surface area contributed by atoms with Crippen molar-refractivity contribution in [3.05, 3.63) is 34.7 Å². The number of benzene rings is 1. The van der Waals surface area contributed by atoms with E-state index < -0.39 is 0 Å². The lowest BCUT2D eigenvalue weighted by molar-refractivity contribution is 0.116. The van der Waals surface area contributed by atoms with Crippen LogP contribution < -0.4 is 5.32 Å². The number of phenols is 1. The van der Waals surface area contributed by atoms with E-state index in [-0.39, 0.29) is 17.9 Å². The van der Waals surface area contributed by atoms with E-state index >= 15 is 0 Å². The van der Waals surface area contributed by atoms with Crippen molar-refractivity contribution in [2.75, 3.05) is 5.32 Å². The van der Waals surface area contributed by atoms with Crippen molar-refractivity contribution in [3.63, 3.8) is 0 Å². The van der Waals surface area contributed by atoms with Gasteiger partial charge in [0.1, 0.15) is 5.75 Å². The van der Waals surface area contributed by atoms with Crippen molar-refractivity contribution < 1.29 is 10.2 Å². The number of nitrogens with one attached hydrogen (secondary N) is 1. The molecule has 1 aromatic carbocycles. The summed E-state index contributed by atoms with van der Waals surface area (Å²) in [6.07, 6.45) is 3.63. The third kappa shape index (κ3) is 2.93. The average Bonchev–Trinajstić information content (AvgIpc) is 3.12. The quantitative estimate of drug-likeness (QED) is 0.638. The molecule has 5 nitrogen and oxygen atoms in total. The summed E-state index contributed by atoms with van der Waals surface area (Å²) in [7, 11) is 0. The number of aromatic hydroxyl groups is 1. The number of nitrogens with zero attached hydrogens (tertiary/aromatic N) is 2. The largest absolute Gasteiger partial charge is 0.507 e. The second kappa shape index (κ2) is 6.85. The fraction of sp³-hybridized carbons (Fsp3) is 0.400. The molecule has 3 aromatic rings. The Morgan fingerprint density at radius 1 is 1.08 bits per heavy atom. The first-order valence-corrected chi connectivity index (χ1v) is 9.92. The molecule has 0 radical (unpaired) electrons. The topological polar surface area (TPSA) is 78.3 Å². The van der Waals surface area contributed by atoms with Gasteiger partial charge in [-0.05, 0) is 61.4 Å². The molecule has 0 spiro atoms. The van der Waals surface area contributed by atoms with Gasteiger partial charge in [-0.3, -0.25) is 0 Å². The number of hydrogen-bond donors (Lipinski definition) is 3. The Morgan fingerprint density at radius 2 is 1.88 bits per heavy atom. The van der Waals surface area contributed by atoms with Crippen molar-refractivity contribution in [1.29, 1.82) is 0 Å². The molecule has 0 bridgehead atoms. The van der Waals surface area contributed by atoms with Gasteiger partial charge in [-0.1, -0.05) is 12.8 Å². The van der Waals surface area contributed by atoms with Gasteiger partial charge in [0.2, 0.25) is 0 Å². The summed E-state index contributed by atoms with van der Waals surface area (Å²) >= 11 is 1.61. The summed E-state index contributed by atoms with van der Waals surface area (Å²) in [4.78, 5) is 0. The van der Waals surface area contributed by atoms with Gasteiger partial charge in [-0.2, -0.15) is 0 Å². The van der Waals surface area contributed by atoms with Crippen molar-refractivity contribution in [3.8, 4) is 17.0 Å². The van der Waals surface area contributed by atoms with E-state index in [0.717, 1.165) is 46.9 Å². The van der Waals surface area contributed by atoms with Gasteiger partial charge in [-0.25, -0.2) is 0 Å². The van der Waals surface area contributed by atoms with Crippen molar-refractivity contribution in [2.45, 2.75) is 51.7 Å². The summed E-state index contributed by atoms with van der Waals surface area (Å²) in [5.41, 5.74) is 3.38. The molecular formula is C20H23N3O2S. The fourth-order valence-corrected chi connectivity index (χ4v) is 4.46. The van der Waals surface area contributed by atoms with Crippen LogP contribution in [0.15, 0.2) is 23.6 Å². The van der Waals surface area contributed by atoms with E-state index in [1.165, 1.54) is 0 Å². The van der Waals surface area contributed by atoms with Gasteiger partial charge >= 0.3 is 0 Å². The number of phenolic OH excluding ortho intramolecular Hbond substituents is 1. The molecule has 0 unspecified atom stereocenters. The van der Waals surface area contributed by atoms with E-state index in [2.05, 4.69) is 15.5 Å². The number of anilines is 1. The molecular weight excluding hydrogens is 346 g/mol. The number of rotatable bonds is 3. The normalized spacial score (nSPS) is 20.4. The Balaban J connectivity index is 1.70. The zero-order valence-corrected chi connectivity index (χ0v) is 15.8. The predicted molar refractivity (Wildman–Crippen MR) is 106 cm³/mol. The summed E-state index contributed by atoms with van der Waals surface area (Å²) < 4.78 is 1.05. The van der Waals surface area contributed by atoms with Crippen LogP contribution in [0.2, 0.25) is 0 Å². The van der Waals surface area contributed by atoms with Crippen LogP contribution >= 0.6 is 11.3 Å². The molecule has 6 heteroatoms. The minimum atomic E-state index is -0.338. The molecule has 2 heterocycles. The number of aromatic nitrogens is 2. The second-order valence-electron chi connectivity index (χ2n) is 7.04. The Morgan fingerprint density at radius 3 is 2.69 bits per heavy atom. The van der Waals surface area contributed by atoms with Crippen LogP contribution in [0, 0.1) is 13.8 Å². The van der Waals surface area contributed by atoms with E-state index in [1.807, 2.05) is 37.4 Å². The third-order valence-electron chi connectivity index (χ3n) is 5.44. The zero-order chi connectivity index (χ0) is 18.3. The van der Waals surface area contributed by atoms with Crippen LogP contribution in [0.1, 0.15) is 36.8 Å². The Labute approximate surface area is 156 Å². The summed E-state index contributed by atoms with van der Waals surface area (Å²) in [5, 5.41) is 35.8. The third-order valence-corrected chi connectivity index (χ3v) is 6.32. The van der Waals surface area contributed by atoms with Crippen molar-refractivity contribution in [1.82, 2.24) is 10.2 Å². The molecule has 0 amide bonds. The highest BCUT2D eigenvalue weighted by atomic mass is 32.1. The zero-order valence-electron chi connectivity index (χ0n) is 15.0. The van der Waals surface area contributed by atoms with Gasteiger partial charge < -0.3 is 15.5 Å². The summed E-state index contributed by atoms with van der Waals surface area (Å²) in [6.45, 7) is 4.00. The minimum absolute atomic E-state index is 0.0255. The van der Waals surface area contributed by atoms with Gasteiger partial charge in [0.05, 0.1) is 17.8 Å². The fourth-order valence-electron chi connectivity index (χ4n) is 3.67. The SMILES string of the molecule is Cc1c(N[C@H]2CCCC[C@H]2O)nnc(-c2ccc3sccc3c2O)c1C. The molecule has 26 heavy (non-hydrogen) atoms. The minimum Gasteiger partial charge on any atom is -0.507 e. The van der Waals surface area contributed by atoms with Gasteiger partial charge in [0.25, 0.3) is 0 Å². The highest BCUT2D eigenvalue weighted by molar-refractivity contribution is 7.17. The smallest absolute Gasteiger partial charge is 0.152 e. The molecule has 0 saturated heterocycles. The molecule has 1 fully saturated rings. The number of thiophene rings is 1. The lowest BCUT2D eigenvalue weighted by Crippen LogP contribution is -2.36. The predicted octanol–water partition coefficient (Wildman–Crippen LogP) is 4.40. The monoisotopic (exact) mass is 369 g/mol. The molecule has 0 aliphatic heterocycles. The van der Waals surface area contributed by atoms with Gasteiger partial charge in [-0.15, -0.1) is 21.5 Å². The average molecular weight is 369 g/mol. The Bertz CT molecular complexity index is 954. The second-order valence-corrected chi connectivity index (χ2v) is 7.99. The van der Waals surface area contributed by atoms with Crippen LogP contribution in [-0.4, -0.2) is 32.6 Å². The highest BCUT2D eigenvalue weighted by Gasteiger charge is 2.24. The molecule has 136 valence electrons. The Hall–Kier alpha value is -2.18. The highest BCUT2D eigenvalue weighted by Crippen LogP contribution is 2.39. The molecule has 2 aromatic heterocycles. The lowest BCUT2D eigenvalue weighted by atomic mass is 9.92. The van der Waals surface area contributed by atoms with Crippen LogP contribution in [0.3, 0.4) is 0 Å². The van der Waals surface area contributed by atoms with Gasteiger partial charge in [0.15, 0.2) is 5.82 Å². The molecule has 4 rings (SSSR count). The summed E-state index contributed by atoms with van der Waals surface area (Å²) in [6, 6.07) is 5.87. The standard InChI is InChI=1S/C20H23N3O2S/c1-11-12(2)20(21-15-5-3-4-6-16(15)24)23-22-18(11)14-7-8-17-13(19(14)25)9-10-26-17/h7-10,15-16,24-25H,3-6H2,1-2H3,(H,21,23)/t15-,16+/m0/s1. The molecule has 2 atom stereocenters. The first kappa shape index (κ1) is 17.2. The van der Waals surface area contributed by atoms with E-state index in [1.54, 1.807) is 11.3 Å². The first-order valence-electron chi connectivity index (χ1n) is 9.04. The maximum absolute atomic E-state index is 10.7. The van der Waals surface area contributed by atoms with Crippen LogP contribution in [-0.2, 0) is 0 Å². The Kier molecular flexibility index (Phi) is 4.54. The lowest BCUT2D eigenvalue weighted by Gasteiger charge is -2.29. The number of fused-ring (bicyclic) bond motifs is 1. The van der Waals surface area contributed by atoms with E-state index in [4.69, 9.17) is 0 Å². The van der Waals surface area contributed by atoms with Crippen LogP contribution in [0.4, 0.5) is 5.82 Å². The molecule has 1 aliphatic rings. The number of hydrogen-bond acceptors (Lipinski definition) is 6. The van der Waals surface area contributed by atoms with E-state index in [0.29, 0.717) is 17.1 Å².